The molecule has 9 heteroatoms. The number of fused-ring (bicyclic) bond motifs is 1. The van der Waals surface area contributed by atoms with Gasteiger partial charge in [0.25, 0.3) is 5.91 Å². The first-order chi connectivity index (χ1) is 14.4. The van der Waals surface area contributed by atoms with Gasteiger partial charge >= 0.3 is 6.03 Å². The minimum absolute atomic E-state index is 0.128. The second-order valence-corrected chi connectivity index (χ2v) is 7.09. The van der Waals surface area contributed by atoms with E-state index in [2.05, 4.69) is 15.6 Å². The van der Waals surface area contributed by atoms with E-state index in [-0.39, 0.29) is 18.9 Å². The van der Waals surface area contributed by atoms with Crippen LogP contribution >= 0.6 is 0 Å². The van der Waals surface area contributed by atoms with E-state index in [0.29, 0.717) is 11.4 Å². The number of carbonyl (C=O) groups excluding carboxylic acids is 3. The Bertz CT molecular complexity index is 1120. The van der Waals surface area contributed by atoms with Crippen molar-refractivity contribution >= 4 is 34.6 Å². The lowest BCUT2D eigenvalue weighted by atomic mass is 10.1. The molecule has 0 radical (unpaired) electrons. The van der Waals surface area contributed by atoms with Crippen LogP contribution in [0.25, 0.3) is 11.0 Å². The van der Waals surface area contributed by atoms with Gasteiger partial charge in [-0.3, -0.25) is 14.5 Å². The molecule has 1 saturated heterocycles. The van der Waals surface area contributed by atoms with Crippen LogP contribution in [0.3, 0.4) is 0 Å². The van der Waals surface area contributed by atoms with Crippen molar-refractivity contribution < 1.29 is 19.1 Å². The molecule has 1 aliphatic heterocycles. The number of amides is 4. The molecule has 0 aliphatic carbocycles. The van der Waals surface area contributed by atoms with Gasteiger partial charge in [0.1, 0.15) is 11.8 Å². The summed E-state index contributed by atoms with van der Waals surface area (Å²) >= 11 is 0. The smallest absolute Gasteiger partial charge is 0.325 e. The second-order valence-electron chi connectivity index (χ2n) is 7.09. The fourth-order valence-corrected chi connectivity index (χ4v) is 3.39. The second kappa shape index (κ2) is 7.86. The average Bonchev–Trinajstić information content (AvgIpc) is 3.22. The van der Waals surface area contributed by atoms with Crippen molar-refractivity contribution in [3.8, 4) is 5.75 Å². The summed E-state index contributed by atoms with van der Waals surface area (Å²) in [7, 11) is 3.45. The third-order valence-corrected chi connectivity index (χ3v) is 5.01. The van der Waals surface area contributed by atoms with Gasteiger partial charge < -0.3 is 19.9 Å². The molecule has 1 atom stereocenters. The van der Waals surface area contributed by atoms with Gasteiger partial charge in [-0.05, 0) is 35.9 Å². The molecule has 4 rings (SSSR count). The Labute approximate surface area is 172 Å². The highest BCUT2D eigenvalue weighted by atomic mass is 16.5. The van der Waals surface area contributed by atoms with Crippen molar-refractivity contribution in [1.29, 1.82) is 0 Å². The van der Waals surface area contributed by atoms with E-state index < -0.39 is 18.0 Å². The molecule has 2 N–H and O–H groups in total. The van der Waals surface area contributed by atoms with Crippen molar-refractivity contribution in [3.63, 3.8) is 0 Å². The minimum Gasteiger partial charge on any atom is -0.497 e. The van der Waals surface area contributed by atoms with Crippen LogP contribution in [0, 0.1) is 0 Å². The van der Waals surface area contributed by atoms with Gasteiger partial charge in [-0.25, -0.2) is 9.78 Å². The zero-order chi connectivity index (χ0) is 21.3. The van der Waals surface area contributed by atoms with Gasteiger partial charge in [-0.2, -0.15) is 0 Å². The van der Waals surface area contributed by atoms with Gasteiger partial charge in [0.05, 0.1) is 37.4 Å². The highest BCUT2D eigenvalue weighted by molar-refractivity contribution is 6.07. The van der Waals surface area contributed by atoms with Crippen LogP contribution in [0.1, 0.15) is 12.0 Å². The van der Waals surface area contributed by atoms with Crippen LogP contribution in [0.5, 0.6) is 5.75 Å². The molecule has 154 valence electrons. The number of nitrogens with zero attached hydrogens (tertiary/aromatic N) is 3. The first-order valence-electron chi connectivity index (χ1n) is 9.40. The minimum atomic E-state index is -0.894. The molecule has 1 aliphatic rings. The molecule has 30 heavy (non-hydrogen) atoms. The number of aryl methyl sites for hydroxylation is 1. The van der Waals surface area contributed by atoms with Crippen LogP contribution in [0.15, 0.2) is 48.8 Å². The number of aromatic nitrogens is 2. The van der Waals surface area contributed by atoms with E-state index in [1.165, 1.54) is 0 Å². The standard InChI is InChI=1S/C21H21N5O4/c1-25-12-22-16-9-14(5-8-18(16)25)23-19(27)10-17-20(28)26(21(29)24-17)11-13-3-6-15(30-2)7-4-13/h3-9,12,17H,10-11H2,1-2H3,(H,23,27)(H,24,29)/t17-/m1/s1. The molecule has 1 fully saturated rings. The number of ether oxygens (including phenoxy) is 1. The Kier molecular flexibility index (Phi) is 5.09. The number of imidazole rings is 1. The number of hydrogen-bond donors (Lipinski definition) is 2. The highest BCUT2D eigenvalue weighted by Gasteiger charge is 2.39. The number of methoxy groups -OCH3 is 1. The fraction of sp³-hybridized carbons (Fsp3) is 0.238. The summed E-state index contributed by atoms with van der Waals surface area (Å²) in [6.45, 7) is 0.128. The summed E-state index contributed by atoms with van der Waals surface area (Å²) in [5, 5.41) is 5.34. The van der Waals surface area contributed by atoms with Crippen LogP contribution in [-0.4, -0.2) is 45.4 Å². The molecular weight excluding hydrogens is 386 g/mol. The molecular formula is C21H21N5O4. The van der Waals surface area contributed by atoms with E-state index in [9.17, 15) is 14.4 Å². The van der Waals surface area contributed by atoms with E-state index in [1.807, 2.05) is 17.7 Å². The molecule has 2 heterocycles. The Morgan fingerprint density at radius 3 is 2.70 bits per heavy atom. The molecule has 0 unspecified atom stereocenters. The summed E-state index contributed by atoms with van der Waals surface area (Å²) in [5.74, 6) is -0.101. The van der Waals surface area contributed by atoms with Crippen LogP contribution in [0.4, 0.5) is 10.5 Å². The quantitative estimate of drug-likeness (QED) is 0.609. The predicted molar refractivity (Wildman–Crippen MR) is 110 cm³/mol. The molecule has 1 aromatic heterocycles. The normalized spacial score (nSPS) is 16.1. The number of carbonyl (C=O) groups is 3. The first-order valence-corrected chi connectivity index (χ1v) is 9.40. The van der Waals surface area contributed by atoms with Crippen LogP contribution < -0.4 is 15.4 Å². The number of hydrogen-bond acceptors (Lipinski definition) is 5. The maximum atomic E-state index is 12.6. The van der Waals surface area contributed by atoms with Crippen molar-refractivity contribution in [1.82, 2.24) is 19.8 Å². The lowest BCUT2D eigenvalue weighted by molar-refractivity contribution is -0.130. The van der Waals surface area contributed by atoms with E-state index in [0.717, 1.165) is 21.5 Å². The fourth-order valence-electron chi connectivity index (χ4n) is 3.39. The SMILES string of the molecule is COc1ccc(CN2C(=O)N[C@H](CC(=O)Nc3ccc4c(c3)ncn4C)C2=O)cc1. The molecule has 0 bridgehead atoms. The number of rotatable bonds is 6. The van der Waals surface area contributed by atoms with Gasteiger partial charge in [-0.15, -0.1) is 0 Å². The van der Waals surface area contributed by atoms with E-state index in [4.69, 9.17) is 4.74 Å². The number of anilines is 1. The van der Waals surface area contributed by atoms with Gasteiger partial charge in [0, 0.05) is 12.7 Å². The van der Waals surface area contributed by atoms with Crippen molar-refractivity contribution in [3.05, 3.63) is 54.4 Å². The number of nitrogens with one attached hydrogen (secondary N) is 2. The first kappa shape index (κ1) is 19.4. The molecule has 9 nitrogen and oxygen atoms in total. The van der Waals surface area contributed by atoms with E-state index in [1.54, 1.807) is 49.8 Å². The molecule has 0 spiro atoms. The lowest BCUT2D eigenvalue weighted by Crippen LogP contribution is -2.34. The van der Waals surface area contributed by atoms with Crippen molar-refractivity contribution in [2.45, 2.75) is 19.0 Å². The number of benzene rings is 2. The number of urea groups is 1. The van der Waals surface area contributed by atoms with Crippen molar-refractivity contribution in [2.24, 2.45) is 7.05 Å². The Balaban J connectivity index is 1.38. The van der Waals surface area contributed by atoms with Crippen LogP contribution in [-0.2, 0) is 23.2 Å². The topological polar surface area (TPSA) is 106 Å². The van der Waals surface area contributed by atoms with Gasteiger partial charge in [-0.1, -0.05) is 12.1 Å². The zero-order valence-corrected chi connectivity index (χ0v) is 16.6. The summed E-state index contributed by atoms with van der Waals surface area (Å²) < 4.78 is 6.99. The van der Waals surface area contributed by atoms with E-state index >= 15 is 0 Å². The molecule has 0 saturated carbocycles. The van der Waals surface area contributed by atoms with Gasteiger partial charge in [0.15, 0.2) is 0 Å². The molecule has 2 aromatic carbocycles. The summed E-state index contributed by atoms with van der Waals surface area (Å²) in [6, 6.07) is 11.1. The summed E-state index contributed by atoms with van der Waals surface area (Å²) in [5.41, 5.74) is 3.07. The third-order valence-electron chi connectivity index (χ3n) is 5.01. The summed E-state index contributed by atoms with van der Waals surface area (Å²) in [6.07, 6.45) is 1.55. The lowest BCUT2D eigenvalue weighted by Gasteiger charge is -2.13. The maximum Gasteiger partial charge on any atom is 0.325 e. The molecule has 3 aromatic rings. The Morgan fingerprint density at radius 1 is 1.20 bits per heavy atom. The van der Waals surface area contributed by atoms with Crippen LogP contribution in [0.2, 0.25) is 0 Å². The molecule has 4 amide bonds. The summed E-state index contributed by atoms with van der Waals surface area (Å²) in [4.78, 5) is 42.7. The largest absolute Gasteiger partial charge is 0.497 e. The third kappa shape index (κ3) is 3.82. The maximum absolute atomic E-state index is 12.6. The highest BCUT2D eigenvalue weighted by Crippen LogP contribution is 2.19. The predicted octanol–water partition coefficient (Wildman–Crippen LogP) is 2.03. The Morgan fingerprint density at radius 2 is 1.97 bits per heavy atom. The zero-order valence-electron chi connectivity index (χ0n) is 16.6. The average molecular weight is 407 g/mol. The van der Waals surface area contributed by atoms with Crippen molar-refractivity contribution in [2.75, 3.05) is 12.4 Å². The Hall–Kier alpha value is -3.88. The number of imide groups is 1. The monoisotopic (exact) mass is 407 g/mol. The van der Waals surface area contributed by atoms with Gasteiger partial charge in [0.2, 0.25) is 5.91 Å².